The van der Waals surface area contributed by atoms with E-state index in [1.165, 1.54) is 6.92 Å². The van der Waals surface area contributed by atoms with Crippen molar-refractivity contribution in [2.24, 2.45) is 0 Å². The van der Waals surface area contributed by atoms with Gasteiger partial charge < -0.3 is 14.6 Å². The van der Waals surface area contributed by atoms with Gasteiger partial charge in [0.1, 0.15) is 0 Å². The van der Waals surface area contributed by atoms with Gasteiger partial charge in [0.25, 0.3) is 0 Å². The molecule has 19 heavy (non-hydrogen) atoms. The van der Waals surface area contributed by atoms with Crippen molar-refractivity contribution in [3.63, 3.8) is 0 Å². The summed E-state index contributed by atoms with van der Waals surface area (Å²) in [5, 5.41) is 9.27. The van der Waals surface area contributed by atoms with Gasteiger partial charge in [0.05, 0.1) is 5.92 Å². The van der Waals surface area contributed by atoms with Crippen molar-refractivity contribution in [2.75, 3.05) is 12.5 Å². The molecule has 1 heterocycles. The first kappa shape index (κ1) is 13.7. The van der Waals surface area contributed by atoms with Crippen LogP contribution in [0.2, 0.25) is 0 Å². The molecule has 0 saturated heterocycles. The molecule has 0 spiro atoms. The van der Waals surface area contributed by atoms with Crippen LogP contribution in [0.1, 0.15) is 24.8 Å². The number of carbonyl (C=O) groups excluding carboxylic acids is 1. The molecule has 1 atom stereocenters. The minimum absolute atomic E-state index is 0.00479. The molecule has 0 radical (unpaired) electrons. The lowest BCUT2D eigenvalue weighted by Crippen LogP contribution is -2.12. The van der Waals surface area contributed by atoms with Crippen LogP contribution in [0.25, 0.3) is 0 Å². The zero-order chi connectivity index (χ0) is 13.8. The third kappa shape index (κ3) is 3.41. The Hall–Kier alpha value is -1.69. The zero-order valence-electron chi connectivity index (χ0n) is 10.4. The predicted octanol–water partition coefficient (Wildman–Crippen LogP) is 2.25. The molecule has 1 aromatic carbocycles. The summed E-state index contributed by atoms with van der Waals surface area (Å²) >= 11 is 1.14. The summed E-state index contributed by atoms with van der Waals surface area (Å²) < 4.78 is 10.4. The molecule has 6 heteroatoms. The van der Waals surface area contributed by atoms with Gasteiger partial charge >= 0.3 is 5.97 Å². The highest BCUT2D eigenvalue weighted by Crippen LogP contribution is 2.35. The van der Waals surface area contributed by atoms with Gasteiger partial charge in [-0.05, 0) is 24.1 Å². The quantitative estimate of drug-likeness (QED) is 0.893. The third-order valence-electron chi connectivity index (χ3n) is 2.81. The number of carboxylic acids is 1. The summed E-state index contributed by atoms with van der Waals surface area (Å²) in [6, 6.07) is 5.13. The van der Waals surface area contributed by atoms with E-state index >= 15 is 0 Å². The number of carboxylic acid groups (broad SMARTS) is 1. The number of hydrogen-bond donors (Lipinski definition) is 1. The van der Waals surface area contributed by atoms with E-state index in [4.69, 9.17) is 9.47 Å². The maximum Gasteiger partial charge on any atom is 0.311 e. The molecule has 0 aliphatic carbocycles. The molecule has 5 nitrogen and oxygen atoms in total. The maximum absolute atomic E-state index is 11.3. The molecular formula is C13H14O5S. The van der Waals surface area contributed by atoms with E-state index in [0.717, 1.165) is 11.8 Å². The van der Waals surface area contributed by atoms with Gasteiger partial charge in [-0.3, -0.25) is 9.59 Å². The van der Waals surface area contributed by atoms with E-state index in [9.17, 15) is 14.7 Å². The summed E-state index contributed by atoms with van der Waals surface area (Å²) in [5.41, 5.74) is 0.668. The minimum Gasteiger partial charge on any atom is -0.481 e. The number of rotatable bonds is 5. The van der Waals surface area contributed by atoms with Crippen LogP contribution in [0.5, 0.6) is 11.5 Å². The van der Waals surface area contributed by atoms with Crippen LogP contribution in [-0.4, -0.2) is 28.7 Å². The zero-order valence-corrected chi connectivity index (χ0v) is 11.2. The predicted molar refractivity (Wildman–Crippen MR) is 70.7 cm³/mol. The number of benzene rings is 1. The van der Waals surface area contributed by atoms with Gasteiger partial charge in [0.2, 0.25) is 6.79 Å². The Morgan fingerprint density at radius 3 is 2.79 bits per heavy atom. The Morgan fingerprint density at radius 2 is 2.11 bits per heavy atom. The van der Waals surface area contributed by atoms with Crippen molar-refractivity contribution in [3.8, 4) is 11.5 Å². The van der Waals surface area contributed by atoms with Gasteiger partial charge in [-0.15, -0.1) is 0 Å². The van der Waals surface area contributed by atoms with E-state index in [1.807, 2.05) is 0 Å². The monoisotopic (exact) mass is 282 g/mol. The van der Waals surface area contributed by atoms with Crippen LogP contribution < -0.4 is 9.47 Å². The summed E-state index contributed by atoms with van der Waals surface area (Å²) in [4.78, 5) is 22.2. The Labute approximate surface area is 114 Å². The Bertz CT molecular complexity index is 500. The van der Waals surface area contributed by atoms with Crippen molar-refractivity contribution < 1.29 is 24.2 Å². The molecule has 1 unspecified atom stereocenters. The summed E-state index contributed by atoms with van der Waals surface area (Å²) in [6.45, 7) is 1.64. The number of thioether (sulfide) groups is 1. The topological polar surface area (TPSA) is 72.8 Å². The van der Waals surface area contributed by atoms with Crippen LogP contribution >= 0.6 is 11.8 Å². The van der Waals surface area contributed by atoms with E-state index in [0.29, 0.717) is 29.2 Å². The van der Waals surface area contributed by atoms with Crippen LogP contribution in [0.15, 0.2) is 18.2 Å². The van der Waals surface area contributed by atoms with Crippen molar-refractivity contribution in [2.45, 2.75) is 19.3 Å². The number of fused-ring (bicyclic) bond motifs is 1. The smallest absolute Gasteiger partial charge is 0.311 e. The first-order chi connectivity index (χ1) is 9.08. The lowest BCUT2D eigenvalue weighted by molar-refractivity contribution is -0.138. The molecule has 102 valence electrons. The van der Waals surface area contributed by atoms with Crippen molar-refractivity contribution in [3.05, 3.63) is 23.8 Å². The average Bonchev–Trinajstić information content (AvgIpc) is 2.80. The maximum atomic E-state index is 11.3. The van der Waals surface area contributed by atoms with Gasteiger partial charge in [0.15, 0.2) is 16.6 Å². The molecule has 0 amide bonds. The van der Waals surface area contributed by atoms with Crippen molar-refractivity contribution >= 4 is 22.8 Å². The van der Waals surface area contributed by atoms with E-state index < -0.39 is 11.9 Å². The highest BCUT2D eigenvalue weighted by atomic mass is 32.2. The molecule has 2 rings (SSSR count). The first-order valence-corrected chi connectivity index (χ1v) is 6.82. The summed E-state index contributed by atoms with van der Waals surface area (Å²) in [6.07, 6.45) is 0.402. The molecule has 1 aromatic rings. The highest BCUT2D eigenvalue weighted by molar-refractivity contribution is 8.13. The second-order valence-electron chi connectivity index (χ2n) is 4.13. The minimum atomic E-state index is -0.900. The lowest BCUT2D eigenvalue weighted by Gasteiger charge is -2.12. The molecule has 1 aliphatic heterocycles. The molecule has 0 bridgehead atoms. The largest absolute Gasteiger partial charge is 0.481 e. The molecule has 0 saturated carbocycles. The number of ether oxygens (including phenoxy) is 2. The van der Waals surface area contributed by atoms with Crippen LogP contribution in [0.4, 0.5) is 0 Å². The highest BCUT2D eigenvalue weighted by Gasteiger charge is 2.23. The van der Waals surface area contributed by atoms with Crippen LogP contribution in [0.3, 0.4) is 0 Å². The fourth-order valence-electron chi connectivity index (χ4n) is 1.88. The third-order valence-corrected chi connectivity index (χ3v) is 3.66. The Kier molecular flexibility index (Phi) is 4.31. The van der Waals surface area contributed by atoms with E-state index in [1.54, 1.807) is 18.2 Å². The van der Waals surface area contributed by atoms with Crippen molar-refractivity contribution in [1.29, 1.82) is 0 Å². The number of aliphatic carboxylic acids is 1. The molecule has 1 aliphatic rings. The van der Waals surface area contributed by atoms with Crippen molar-refractivity contribution in [1.82, 2.24) is 0 Å². The van der Waals surface area contributed by atoms with Gasteiger partial charge in [-0.25, -0.2) is 0 Å². The molecule has 0 aromatic heterocycles. The molecule has 0 fully saturated rings. The number of carbonyl (C=O) groups is 2. The average molecular weight is 282 g/mol. The molecular weight excluding hydrogens is 268 g/mol. The standard InChI is InChI=1S/C13H14O5S/c1-8(14)19-5-4-10(13(15)16)9-2-3-11-12(6-9)18-7-17-11/h2-3,6,10H,4-5,7H2,1H3,(H,15,16). The summed E-state index contributed by atoms with van der Waals surface area (Å²) in [5.74, 6) is 0.152. The van der Waals surface area contributed by atoms with Gasteiger partial charge in [-0.1, -0.05) is 17.8 Å². The van der Waals surface area contributed by atoms with E-state index in [-0.39, 0.29) is 11.9 Å². The van der Waals surface area contributed by atoms with E-state index in [2.05, 4.69) is 0 Å². The fourth-order valence-corrected chi connectivity index (χ4v) is 2.52. The SMILES string of the molecule is CC(=O)SCCC(C(=O)O)c1ccc2c(c1)OCO2. The fraction of sp³-hybridized carbons (Fsp3) is 0.385. The summed E-state index contributed by atoms with van der Waals surface area (Å²) in [7, 11) is 0. The molecule has 1 N–H and O–H groups in total. The number of hydrogen-bond acceptors (Lipinski definition) is 5. The Balaban J connectivity index is 2.10. The van der Waals surface area contributed by atoms with Gasteiger partial charge in [0, 0.05) is 12.7 Å². The van der Waals surface area contributed by atoms with Crippen LogP contribution in [-0.2, 0) is 9.59 Å². The first-order valence-electron chi connectivity index (χ1n) is 5.83. The van der Waals surface area contributed by atoms with Gasteiger partial charge in [-0.2, -0.15) is 0 Å². The van der Waals surface area contributed by atoms with Crippen LogP contribution in [0, 0.1) is 0 Å². The Morgan fingerprint density at radius 1 is 1.37 bits per heavy atom. The lowest BCUT2D eigenvalue weighted by atomic mass is 9.96. The normalized spacial score (nSPS) is 14.2. The second kappa shape index (κ2) is 5.97. The second-order valence-corrected chi connectivity index (χ2v) is 5.40.